The number of anilines is 1. The van der Waals surface area contributed by atoms with Gasteiger partial charge < -0.3 is 10.2 Å². The first-order valence-electron chi connectivity index (χ1n) is 6.48. The Labute approximate surface area is 124 Å². The van der Waals surface area contributed by atoms with Crippen molar-refractivity contribution in [2.75, 3.05) is 18.4 Å². The van der Waals surface area contributed by atoms with Gasteiger partial charge in [-0.15, -0.1) is 11.3 Å². The molecule has 0 atom stereocenters. The SMILES string of the molecule is N#Cc1ccsc1NC(=O)CN1C(=O)CN(C2CC2)C1=O. The van der Waals surface area contributed by atoms with Gasteiger partial charge in [0.25, 0.3) is 5.91 Å². The van der Waals surface area contributed by atoms with Crippen molar-refractivity contribution in [3.8, 4) is 6.07 Å². The molecule has 0 bridgehead atoms. The van der Waals surface area contributed by atoms with Crippen LogP contribution in [0.15, 0.2) is 11.4 Å². The third-order valence-electron chi connectivity index (χ3n) is 3.41. The van der Waals surface area contributed by atoms with Crippen molar-refractivity contribution >= 4 is 34.2 Å². The maximum atomic E-state index is 12.1. The highest BCUT2D eigenvalue weighted by molar-refractivity contribution is 7.14. The van der Waals surface area contributed by atoms with Crippen LogP contribution in [0.1, 0.15) is 18.4 Å². The van der Waals surface area contributed by atoms with Crippen LogP contribution in [-0.4, -0.2) is 46.8 Å². The van der Waals surface area contributed by atoms with E-state index in [4.69, 9.17) is 5.26 Å². The van der Waals surface area contributed by atoms with E-state index in [1.165, 1.54) is 16.2 Å². The standard InChI is InChI=1S/C13H12N4O3S/c14-5-8-3-4-21-12(8)15-10(18)6-17-11(19)7-16(13(17)20)9-1-2-9/h3-4,9H,1-2,6-7H2,(H,15,18). The molecule has 0 spiro atoms. The average molecular weight is 304 g/mol. The highest BCUT2D eigenvalue weighted by atomic mass is 32.1. The number of nitrogens with one attached hydrogen (secondary N) is 1. The summed E-state index contributed by atoms with van der Waals surface area (Å²) in [5, 5.41) is 13.6. The molecule has 1 aliphatic carbocycles. The van der Waals surface area contributed by atoms with Gasteiger partial charge >= 0.3 is 6.03 Å². The fourth-order valence-corrected chi connectivity index (χ4v) is 2.95. The average Bonchev–Trinajstić information content (AvgIpc) is 3.15. The topological polar surface area (TPSA) is 93.5 Å². The lowest BCUT2D eigenvalue weighted by Crippen LogP contribution is -2.39. The number of thiophene rings is 1. The molecule has 1 aromatic rings. The molecule has 1 saturated carbocycles. The van der Waals surface area contributed by atoms with Gasteiger partial charge in [-0.3, -0.25) is 14.5 Å². The van der Waals surface area contributed by atoms with Gasteiger partial charge in [0, 0.05) is 6.04 Å². The van der Waals surface area contributed by atoms with Crippen LogP contribution in [0.3, 0.4) is 0 Å². The number of carbonyl (C=O) groups is 3. The molecule has 7 nitrogen and oxygen atoms in total. The first kappa shape index (κ1) is 13.6. The quantitative estimate of drug-likeness (QED) is 0.839. The van der Waals surface area contributed by atoms with Gasteiger partial charge in [-0.2, -0.15) is 5.26 Å². The third-order valence-corrected chi connectivity index (χ3v) is 4.24. The van der Waals surface area contributed by atoms with E-state index in [9.17, 15) is 14.4 Å². The van der Waals surface area contributed by atoms with Gasteiger partial charge in [-0.05, 0) is 24.3 Å². The Balaban J connectivity index is 1.63. The first-order chi connectivity index (χ1) is 10.1. The van der Waals surface area contributed by atoms with Crippen molar-refractivity contribution in [2.45, 2.75) is 18.9 Å². The summed E-state index contributed by atoms with van der Waals surface area (Å²) in [5.74, 6) is -0.831. The van der Waals surface area contributed by atoms with Gasteiger partial charge in [0.1, 0.15) is 24.2 Å². The molecule has 3 rings (SSSR count). The summed E-state index contributed by atoms with van der Waals surface area (Å²) in [6.07, 6.45) is 1.83. The number of amides is 4. The van der Waals surface area contributed by atoms with Gasteiger partial charge in [0.05, 0.1) is 5.56 Å². The van der Waals surface area contributed by atoms with Gasteiger partial charge in [-0.1, -0.05) is 0 Å². The van der Waals surface area contributed by atoms with E-state index >= 15 is 0 Å². The van der Waals surface area contributed by atoms with E-state index < -0.39 is 11.9 Å². The number of rotatable bonds is 4. The fourth-order valence-electron chi connectivity index (χ4n) is 2.19. The summed E-state index contributed by atoms with van der Waals surface area (Å²) in [4.78, 5) is 38.3. The molecule has 21 heavy (non-hydrogen) atoms. The minimum absolute atomic E-state index is 0.0548. The number of carbonyl (C=O) groups excluding carboxylic acids is 3. The molecule has 2 heterocycles. The maximum absolute atomic E-state index is 12.1. The predicted octanol–water partition coefficient (Wildman–Crippen LogP) is 0.985. The third kappa shape index (κ3) is 2.60. The Morgan fingerprint density at radius 2 is 2.24 bits per heavy atom. The number of nitriles is 1. The zero-order valence-electron chi connectivity index (χ0n) is 11.0. The summed E-state index contributed by atoms with van der Waals surface area (Å²) in [6, 6.07) is 3.31. The van der Waals surface area contributed by atoms with E-state index in [0.717, 1.165) is 17.7 Å². The molecular formula is C13H12N4O3S. The lowest BCUT2D eigenvalue weighted by molar-refractivity contribution is -0.129. The number of urea groups is 1. The number of hydrogen-bond acceptors (Lipinski definition) is 5. The van der Waals surface area contributed by atoms with Crippen molar-refractivity contribution in [3.63, 3.8) is 0 Å². The van der Waals surface area contributed by atoms with Crippen molar-refractivity contribution in [2.24, 2.45) is 0 Å². The molecule has 0 unspecified atom stereocenters. The predicted molar refractivity (Wildman–Crippen MR) is 74.5 cm³/mol. The molecule has 2 aliphatic rings. The van der Waals surface area contributed by atoms with Crippen LogP contribution in [0.4, 0.5) is 9.80 Å². The molecule has 1 saturated heterocycles. The number of hydrogen-bond donors (Lipinski definition) is 1. The van der Waals surface area contributed by atoms with Crippen LogP contribution in [0.25, 0.3) is 0 Å². The van der Waals surface area contributed by atoms with Crippen LogP contribution in [0.5, 0.6) is 0 Å². The normalized spacial score (nSPS) is 18.0. The molecule has 2 fully saturated rings. The van der Waals surface area contributed by atoms with E-state index in [1.807, 2.05) is 6.07 Å². The molecule has 1 N–H and O–H groups in total. The molecule has 0 radical (unpaired) electrons. The van der Waals surface area contributed by atoms with Gasteiger partial charge in [0.2, 0.25) is 5.91 Å². The lowest BCUT2D eigenvalue weighted by Gasteiger charge is -2.15. The largest absolute Gasteiger partial charge is 0.327 e. The number of imide groups is 1. The highest BCUT2D eigenvalue weighted by Crippen LogP contribution is 2.30. The zero-order valence-corrected chi connectivity index (χ0v) is 11.9. The first-order valence-corrected chi connectivity index (χ1v) is 7.36. The van der Waals surface area contributed by atoms with Crippen LogP contribution in [-0.2, 0) is 9.59 Å². The minimum atomic E-state index is -0.478. The molecular weight excluding hydrogens is 292 g/mol. The smallest absolute Gasteiger partial charge is 0.315 e. The second kappa shape index (κ2) is 5.18. The van der Waals surface area contributed by atoms with E-state index in [2.05, 4.69) is 5.32 Å². The summed E-state index contributed by atoms with van der Waals surface area (Å²) in [6.45, 7) is -0.261. The lowest BCUT2D eigenvalue weighted by atomic mass is 10.3. The zero-order chi connectivity index (χ0) is 15.0. The number of nitrogens with zero attached hydrogens (tertiary/aromatic N) is 3. The Bertz CT molecular complexity index is 659. The molecule has 1 aromatic heterocycles. The Morgan fingerprint density at radius 3 is 2.90 bits per heavy atom. The van der Waals surface area contributed by atoms with E-state index in [-0.39, 0.29) is 25.0 Å². The van der Waals surface area contributed by atoms with Crippen LogP contribution in [0.2, 0.25) is 0 Å². The van der Waals surface area contributed by atoms with E-state index in [0.29, 0.717) is 10.6 Å². The molecule has 108 valence electrons. The van der Waals surface area contributed by atoms with E-state index in [1.54, 1.807) is 11.4 Å². The summed E-state index contributed by atoms with van der Waals surface area (Å²) in [5.41, 5.74) is 0.368. The monoisotopic (exact) mass is 304 g/mol. The second-order valence-corrected chi connectivity index (χ2v) is 5.86. The summed E-state index contributed by atoms with van der Waals surface area (Å²) >= 11 is 1.22. The van der Waals surface area contributed by atoms with Crippen LogP contribution in [0, 0.1) is 11.3 Å². The van der Waals surface area contributed by atoms with Crippen molar-refractivity contribution in [1.82, 2.24) is 9.80 Å². The molecule has 0 aromatic carbocycles. The van der Waals surface area contributed by atoms with Crippen molar-refractivity contribution in [3.05, 3.63) is 17.0 Å². The van der Waals surface area contributed by atoms with Crippen LogP contribution >= 0.6 is 11.3 Å². The van der Waals surface area contributed by atoms with Crippen molar-refractivity contribution in [1.29, 1.82) is 5.26 Å². The second-order valence-electron chi connectivity index (χ2n) is 4.94. The minimum Gasteiger partial charge on any atom is -0.315 e. The van der Waals surface area contributed by atoms with Gasteiger partial charge in [0.15, 0.2) is 0 Å². The summed E-state index contributed by atoms with van der Waals surface area (Å²) < 4.78 is 0. The van der Waals surface area contributed by atoms with Gasteiger partial charge in [-0.25, -0.2) is 4.79 Å². The Hall–Kier alpha value is -2.40. The Morgan fingerprint density at radius 1 is 1.48 bits per heavy atom. The highest BCUT2D eigenvalue weighted by Gasteiger charge is 2.44. The molecule has 8 heteroatoms. The molecule has 1 aliphatic heterocycles. The van der Waals surface area contributed by atoms with Crippen LogP contribution < -0.4 is 5.32 Å². The summed E-state index contributed by atoms with van der Waals surface area (Å²) in [7, 11) is 0. The fraction of sp³-hybridized carbons (Fsp3) is 0.385. The Kier molecular flexibility index (Phi) is 3.35. The van der Waals surface area contributed by atoms with Crippen molar-refractivity contribution < 1.29 is 14.4 Å². The molecule has 4 amide bonds. The maximum Gasteiger partial charge on any atom is 0.327 e.